The molecular weight excluding hydrogens is 435 g/mol. The molecule has 1 N–H and O–H groups in total. The van der Waals surface area contributed by atoms with Crippen LogP contribution in [0.2, 0.25) is 0 Å². The van der Waals surface area contributed by atoms with Gasteiger partial charge in [0.2, 0.25) is 5.91 Å². The molecule has 2 aromatic rings. The zero-order chi connectivity index (χ0) is 23.1. The highest BCUT2D eigenvalue weighted by molar-refractivity contribution is 8.18. The Labute approximate surface area is 189 Å². The maximum absolute atomic E-state index is 13.8. The molecule has 0 saturated carbocycles. The summed E-state index contributed by atoms with van der Waals surface area (Å²) < 4.78 is 24.3. The van der Waals surface area contributed by atoms with Gasteiger partial charge in [-0.1, -0.05) is 18.2 Å². The van der Waals surface area contributed by atoms with Crippen molar-refractivity contribution in [3.8, 4) is 11.5 Å². The lowest BCUT2D eigenvalue weighted by Gasteiger charge is -2.13. The number of rotatable bonds is 9. The number of benzene rings is 2. The number of imide groups is 1. The van der Waals surface area contributed by atoms with E-state index < -0.39 is 17.0 Å². The average molecular weight is 459 g/mol. The lowest BCUT2D eigenvalue weighted by Crippen LogP contribution is -2.37. The third kappa shape index (κ3) is 5.88. The number of ether oxygens (including phenoxy) is 2. The number of amides is 3. The third-order valence-corrected chi connectivity index (χ3v) is 5.68. The Hall–Kier alpha value is -3.33. The number of carbonyl (C=O) groups excluding carboxylic acids is 3. The zero-order valence-corrected chi connectivity index (χ0v) is 18.5. The maximum atomic E-state index is 13.8. The van der Waals surface area contributed by atoms with E-state index in [1.54, 1.807) is 32.4 Å². The van der Waals surface area contributed by atoms with E-state index in [9.17, 15) is 18.8 Å². The fourth-order valence-electron chi connectivity index (χ4n) is 3.09. The van der Waals surface area contributed by atoms with E-state index in [2.05, 4.69) is 5.32 Å². The molecule has 1 aliphatic rings. The van der Waals surface area contributed by atoms with Crippen LogP contribution in [0.3, 0.4) is 0 Å². The van der Waals surface area contributed by atoms with Gasteiger partial charge in [0.25, 0.3) is 11.1 Å². The molecule has 3 rings (SSSR count). The van der Waals surface area contributed by atoms with Gasteiger partial charge in [0, 0.05) is 31.1 Å². The van der Waals surface area contributed by atoms with Gasteiger partial charge in [-0.2, -0.15) is 0 Å². The highest BCUT2D eigenvalue weighted by Crippen LogP contribution is 2.32. The number of aryl methyl sites for hydroxylation is 1. The molecule has 1 fully saturated rings. The van der Waals surface area contributed by atoms with E-state index in [0.717, 1.165) is 22.2 Å². The molecule has 3 amide bonds. The van der Waals surface area contributed by atoms with Gasteiger partial charge in [-0.3, -0.25) is 19.3 Å². The second-order valence-corrected chi connectivity index (χ2v) is 7.92. The van der Waals surface area contributed by atoms with Crippen molar-refractivity contribution in [1.82, 2.24) is 10.2 Å². The average Bonchev–Trinajstić information content (AvgIpc) is 3.06. The van der Waals surface area contributed by atoms with Crippen LogP contribution in [0.4, 0.5) is 9.18 Å². The minimum absolute atomic E-state index is 0.0397. The minimum atomic E-state index is -0.499. The van der Waals surface area contributed by atoms with Crippen molar-refractivity contribution >= 4 is 34.9 Å². The molecule has 0 atom stereocenters. The molecule has 0 aliphatic carbocycles. The molecule has 2 aromatic carbocycles. The largest absolute Gasteiger partial charge is 0.497 e. The summed E-state index contributed by atoms with van der Waals surface area (Å²) >= 11 is 0.754. The van der Waals surface area contributed by atoms with Gasteiger partial charge in [-0.15, -0.1) is 0 Å². The summed E-state index contributed by atoms with van der Waals surface area (Å²) in [5, 5.41) is 2.27. The van der Waals surface area contributed by atoms with E-state index in [1.807, 2.05) is 12.1 Å². The van der Waals surface area contributed by atoms with E-state index in [0.29, 0.717) is 17.9 Å². The van der Waals surface area contributed by atoms with Crippen molar-refractivity contribution in [3.63, 3.8) is 0 Å². The van der Waals surface area contributed by atoms with Gasteiger partial charge in [-0.25, -0.2) is 4.39 Å². The van der Waals surface area contributed by atoms with E-state index in [4.69, 9.17) is 9.47 Å². The van der Waals surface area contributed by atoms with Gasteiger partial charge >= 0.3 is 0 Å². The van der Waals surface area contributed by atoms with Gasteiger partial charge < -0.3 is 14.8 Å². The van der Waals surface area contributed by atoms with Gasteiger partial charge in [0.1, 0.15) is 17.3 Å². The number of hydrogen-bond donors (Lipinski definition) is 1. The van der Waals surface area contributed by atoms with E-state index in [-0.39, 0.29) is 35.9 Å². The molecule has 0 aromatic heterocycles. The molecular formula is C23H23FN2O5S. The standard InChI is InChI=1S/C23H23FN2O5S/c1-30-17-11-15(12-18(14-17)31-2)7-8-21(27)25-9-10-26-22(28)20(32-23(26)29)13-16-5-3-4-6-19(16)24/h3-6,11-14H,7-10H2,1-2H3,(H,25,27)/b20-13-. The maximum Gasteiger partial charge on any atom is 0.293 e. The predicted molar refractivity (Wildman–Crippen MR) is 120 cm³/mol. The summed E-state index contributed by atoms with van der Waals surface area (Å²) in [6.45, 7) is 0.170. The normalized spacial score (nSPS) is 14.7. The quantitative estimate of drug-likeness (QED) is 0.578. The summed E-state index contributed by atoms with van der Waals surface area (Å²) in [6.07, 6.45) is 2.07. The van der Waals surface area contributed by atoms with Crippen LogP contribution in [0.25, 0.3) is 6.08 Å². The van der Waals surface area contributed by atoms with Crippen LogP contribution < -0.4 is 14.8 Å². The van der Waals surface area contributed by atoms with Gasteiger partial charge in [0.05, 0.1) is 19.1 Å². The van der Waals surface area contributed by atoms with Crippen molar-refractivity contribution in [1.29, 1.82) is 0 Å². The second kappa shape index (κ2) is 10.8. The third-order valence-electron chi connectivity index (χ3n) is 4.77. The summed E-state index contributed by atoms with van der Waals surface area (Å²) in [4.78, 5) is 38.1. The Balaban J connectivity index is 1.50. The number of hydrogen-bond acceptors (Lipinski definition) is 6. The van der Waals surface area contributed by atoms with Crippen LogP contribution >= 0.6 is 11.8 Å². The summed E-state index contributed by atoms with van der Waals surface area (Å²) in [6, 6.07) is 11.4. The van der Waals surface area contributed by atoms with Crippen LogP contribution in [-0.4, -0.2) is 49.3 Å². The predicted octanol–water partition coefficient (Wildman–Crippen LogP) is 3.63. The van der Waals surface area contributed by atoms with Crippen LogP contribution in [0.5, 0.6) is 11.5 Å². The Morgan fingerprint density at radius 2 is 1.81 bits per heavy atom. The van der Waals surface area contributed by atoms with Crippen molar-refractivity contribution in [3.05, 3.63) is 64.3 Å². The summed E-state index contributed by atoms with van der Waals surface area (Å²) in [5.41, 5.74) is 1.13. The lowest BCUT2D eigenvalue weighted by atomic mass is 10.1. The molecule has 1 heterocycles. The number of methoxy groups -OCH3 is 2. The second-order valence-electron chi connectivity index (χ2n) is 6.93. The number of halogens is 1. The Bertz CT molecular complexity index is 1030. The van der Waals surface area contributed by atoms with E-state index in [1.165, 1.54) is 18.2 Å². The summed E-state index contributed by atoms with van der Waals surface area (Å²) in [5.74, 6) is 0.104. The zero-order valence-electron chi connectivity index (χ0n) is 17.7. The van der Waals surface area contributed by atoms with Crippen molar-refractivity contribution < 1.29 is 28.2 Å². The molecule has 0 spiro atoms. The number of thioether (sulfide) groups is 1. The molecule has 1 aliphatic heterocycles. The fourth-order valence-corrected chi connectivity index (χ4v) is 3.95. The van der Waals surface area contributed by atoms with Crippen molar-refractivity contribution in [2.24, 2.45) is 0 Å². The van der Waals surface area contributed by atoms with Gasteiger partial charge in [0.15, 0.2) is 0 Å². The molecule has 9 heteroatoms. The van der Waals surface area contributed by atoms with Crippen molar-refractivity contribution in [2.45, 2.75) is 12.8 Å². The first-order valence-corrected chi connectivity index (χ1v) is 10.7. The topological polar surface area (TPSA) is 84.9 Å². The first-order chi connectivity index (χ1) is 15.4. The molecule has 0 unspecified atom stereocenters. The van der Waals surface area contributed by atoms with Crippen LogP contribution in [0.15, 0.2) is 47.4 Å². The van der Waals surface area contributed by atoms with Crippen LogP contribution in [0.1, 0.15) is 17.5 Å². The molecule has 0 radical (unpaired) electrons. The molecule has 32 heavy (non-hydrogen) atoms. The first kappa shape index (κ1) is 23.3. The smallest absolute Gasteiger partial charge is 0.293 e. The minimum Gasteiger partial charge on any atom is -0.497 e. The monoisotopic (exact) mass is 458 g/mol. The first-order valence-electron chi connectivity index (χ1n) is 9.90. The molecule has 0 bridgehead atoms. The highest BCUT2D eigenvalue weighted by Gasteiger charge is 2.34. The number of carbonyl (C=O) groups is 3. The molecule has 168 valence electrons. The Morgan fingerprint density at radius 3 is 2.47 bits per heavy atom. The molecule has 7 nitrogen and oxygen atoms in total. The summed E-state index contributed by atoms with van der Waals surface area (Å²) in [7, 11) is 3.11. The lowest BCUT2D eigenvalue weighted by molar-refractivity contribution is -0.124. The fraction of sp³-hybridized carbons (Fsp3) is 0.261. The number of nitrogens with one attached hydrogen (secondary N) is 1. The number of nitrogens with zero attached hydrogens (tertiary/aromatic N) is 1. The molecule has 1 saturated heterocycles. The van der Waals surface area contributed by atoms with Crippen LogP contribution in [-0.2, 0) is 16.0 Å². The van der Waals surface area contributed by atoms with Gasteiger partial charge in [-0.05, 0) is 48.0 Å². The van der Waals surface area contributed by atoms with Crippen molar-refractivity contribution in [2.75, 3.05) is 27.3 Å². The SMILES string of the molecule is COc1cc(CCC(=O)NCCN2C(=O)S/C(=C\c3ccccc3F)C2=O)cc(OC)c1. The highest BCUT2D eigenvalue weighted by atomic mass is 32.2. The Morgan fingerprint density at radius 1 is 1.12 bits per heavy atom. The Kier molecular flexibility index (Phi) is 7.88. The van der Waals surface area contributed by atoms with Crippen LogP contribution in [0, 0.1) is 5.82 Å². The van der Waals surface area contributed by atoms with E-state index >= 15 is 0 Å².